The quantitative estimate of drug-likeness (QED) is 0.543. The number of fused-ring (bicyclic) bond motifs is 4. The standard InChI is InChI=1S/C25H26F4N6/c1-14-11-34(21-5-4-18(25(27,28)29)23-24(21)32-7-6-31-23)13-22-17-3-2-16(8-15(17)12-35(14)22)33-20-10-30-9-19(20)26/h2-8,14,19-20,22,30,33H,9-13H2,1H3/t14?,19-,20+,22-/m1/s1. The van der Waals surface area contributed by atoms with E-state index in [-0.39, 0.29) is 29.2 Å². The molecular formula is C25H26F4N6. The molecule has 3 aliphatic heterocycles. The van der Waals surface area contributed by atoms with E-state index in [2.05, 4.69) is 49.5 Å². The van der Waals surface area contributed by atoms with Gasteiger partial charge in [-0.25, -0.2) is 4.39 Å². The topological polar surface area (TPSA) is 56.3 Å². The molecule has 0 bridgehead atoms. The lowest BCUT2D eigenvalue weighted by Gasteiger charge is -2.43. The van der Waals surface area contributed by atoms with Crippen molar-refractivity contribution in [2.45, 2.75) is 43.9 Å². The van der Waals surface area contributed by atoms with E-state index >= 15 is 0 Å². The van der Waals surface area contributed by atoms with Gasteiger partial charge in [0.05, 0.1) is 23.3 Å². The highest BCUT2D eigenvalue weighted by molar-refractivity contribution is 5.91. The largest absolute Gasteiger partial charge is 0.418 e. The molecule has 4 heterocycles. The van der Waals surface area contributed by atoms with Gasteiger partial charge in [-0.3, -0.25) is 14.9 Å². The van der Waals surface area contributed by atoms with Crippen molar-refractivity contribution in [1.29, 1.82) is 0 Å². The van der Waals surface area contributed by atoms with E-state index in [0.717, 1.165) is 18.3 Å². The summed E-state index contributed by atoms with van der Waals surface area (Å²) in [7, 11) is 0. The van der Waals surface area contributed by atoms with Crippen LogP contribution in [0.3, 0.4) is 0 Å². The van der Waals surface area contributed by atoms with E-state index < -0.39 is 17.9 Å². The third-order valence-corrected chi connectivity index (χ3v) is 7.44. The molecule has 184 valence electrons. The Morgan fingerprint density at radius 3 is 2.57 bits per heavy atom. The molecule has 2 aromatic carbocycles. The lowest BCUT2D eigenvalue weighted by atomic mass is 10.00. The Morgan fingerprint density at radius 2 is 1.83 bits per heavy atom. The van der Waals surface area contributed by atoms with Gasteiger partial charge in [0.2, 0.25) is 0 Å². The van der Waals surface area contributed by atoms with Crippen molar-refractivity contribution in [3.8, 4) is 0 Å². The zero-order valence-electron chi connectivity index (χ0n) is 19.2. The minimum Gasteiger partial charge on any atom is -0.378 e. The number of hydrogen-bond acceptors (Lipinski definition) is 6. The Bertz CT molecular complexity index is 1260. The monoisotopic (exact) mass is 486 g/mol. The predicted molar refractivity (Wildman–Crippen MR) is 126 cm³/mol. The molecule has 3 aromatic rings. The Morgan fingerprint density at radius 1 is 1.03 bits per heavy atom. The van der Waals surface area contributed by atoms with E-state index in [9.17, 15) is 17.6 Å². The van der Waals surface area contributed by atoms with Crippen LogP contribution in [0.4, 0.5) is 28.9 Å². The van der Waals surface area contributed by atoms with Gasteiger partial charge in [0.15, 0.2) is 0 Å². The predicted octanol–water partition coefficient (Wildman–Crippen LogP) is 4.14. The maximum atomic E-state index is 14.0. The van der Waals surface area contributed by atoms with Gasteiger partial charge in [0, 0.05) is 56.8 Å². The van der Waals surface area contributed by atoms with Crippen molar-refractivity contribution in [2.24, 2.45) is 0 Å². The van der Waals surface area contributed by atoms with E-state index in [4.69, 9.17) is 0 Å². The Kier molecular flexibility index (Phi) is 5.33. The van der Waals surface area contributed by atoms with Gasteiger partial charge in [0.25, 0.3) is 0 Å². The van der Waals surface area contributed by atoms with Crippen LogP contribution >= 0.6 is 0 Å². The molecule has 6 rings (SSSR count). The molecule has 1 aromatic heterocycles. The molecule has 0 radical (unpaired) electrons. The van der Waals surface area contributed by atoms with Gasteiger partial charge in [0.1, 0.15) is 17.2 Å². The highest BCUT2D eigenvalue weighted by Crippen LogP contribution is 2.43. The van der Waals surface area contributed by atoms with Crippen LogP contribution in [0.15, 0.2) is 42.7 Å². The van der Waals surface area contributed by atoms with Crippen molar-refractivity contribution in [1.82, 2.24) is 20.2 Å². The molecule has 3 aliphatic rings. The fourth-order valence-electron chi connectivity index (χ4n) is 5.74. The first-order valence-corrected chi connectivity index (χ1v) is 11.9. The van der Waals surface area contributed by atoms with Crippen LogP contribution in [0.25, 0.3) is 11.0 Å². The summed E-state index contributed by atoms with van der Waals surface area (Å²) in [4.78, 5) is 12.9. The van der Waals surface area contributed by atoms with Crippen LogP contribution in [-0.2, 0) is 12.7 Å². The Hall–Kier alpha value is -2.98. The first kappa shape index (κ1) is 22.5. The summed E-state index contributed by atoms with van der Waals surface area (Å²) in [6.07, 6.45) is -2.67. The molecular weight excluding hydrogens is 460 g/mol. The molecule has 2 saturated heterocycles. The number of benzene rings is 2. The van der Waals surface area contributed by atoms with Crippen LogP contribution in [0.5, 0.6) is 0 Å². The zero-order chi connectivity index (χ0) is 24.3. The number of hydrogen-bond donors (Lipinski definition) is 2. The normalized spacial score (nSPS) is 26.7. The highest BCUT2D eigenvalue weighted by atomic mass is 19.4. The van der Waals surface area contributed by atoms with Gasteiger partial charge < -0.3 is 15.5 Å². The molecule has 0 saturated carbocycles. The summed E-state index contributed by atoms with van der Waals surface area (Å²) in [6, 6.07) is 8.89. The van der Waals surface area contributed by atoms with E-state index in [1.807, 2.05) is 6.07 Å². The second-order valence-corrected chi connectivity index (χ2v) is 9.66. The zero-order valence-corrected chi connectivity index (χ0v) is 19.2. The van der Waals surface area contributed by atoms with Crippen molar-refractivity contribution in [2.75, 3.05) is 36.4 Å². The first-order chi connectivity index (χ1) is 16.8. The highest BCUT2D eigenvalue weighted by Gasteiger charge is 2.40. The second kappa shape index (κ2) is 8.30. The second-order valence-electron chi connectivity index (χ2n) is 9.66. The maximum Gasteiger partial charge on any atom is 0.418 e. The Labute approximate surface area is 200 Å². The lowest BCUT2D eigenvalue weighted by molar-refractivity contribution is -0.136. The number of nitrogens with one attached hydrogen (secondary N) is 2. The molecule has 35 heavy (non-hydrogen) atoms. The molecule has 0 spiro atoms. The third kappa shape index (κ3) is 3.88. The van der Waals surface area contributed by atoms with Crippen LogP contribution in [0, 0.1) is 0 Å². The molecule has 1 unspecified atom stereocenters. The number of halogens is 4. The van der Waals surface area contributed by atoms with E-state index in [1.54, 1.807) is 0 Å². The molecule has 2 fully saturated rings. The number of nitrogens with zero attached hydrogens (tertiary/aromatic N) is 4. The fraction of sp³-hybridized carbons (Fsp3) is 0.440. The van der Waals surface area contributed by atoms with Crippen molar-refractivity contribution < 1.29 is 17.6 Å². The lowest BCUT2D eigenvalue weighted by Crippen LogP contribution is -2.51. The Balaban J connectivity index is 1.30. The van der Waals surface area contributed by atoms with Crippen molar-refractivity contribution in [3.05, 3.63) is 59.4 Å². The average Bonchev–Trinajstić information content (AvgIpc) is 3.40. The molecule has 10 heteroatoms. The van der Waals surface area contributed by atoms with E-state index in [1.165, 1.54) is 29.6 Å². The van der Waals surface area contributed by atoms with Crippen LogP contribution < -0.4 is 15.5 Å². The van der Waals surface area contributed by atoms with Crippen molar-refractivity contribution >= 4 is 22.4 Å². The minimum atomic E-state index is -4.49. The van der Waals surface area contributed by atoms with Gasteiger partial charge in [-0.15, -0.1) is 0 Å². The van der Waals surface area contributed by atoms with Crippen LogP contribution in [-0.4, -0.2) is 59.3 Å². The van der Waals surface area contributed by atoms with E-state index in [0.29, 0.717) is 31.9 Å². The summed E-state index contributed by atoms with van der Waals surface area (Å²) in [6.45, 7) is 5.21. The van der Waals surface area contributed by atoms with Gasteiger partial charge in [-0.05, 0) is 42.3 Å². The molecule has 6 nitrogen and oxygen atoms in total. The average molecular weight is 487 g/mol. The van der Waals surface area contributed by atoms with Gasteiger partial charge in [-0.2, -0.15) is 13.2 Å². The summed E-state index contributed by atoms with van der Waals surface area (Å²) < 4.78 is 54.7. The third-order valence-electron chi connectivity index (χ3n) is 7.44. The number of alkyl halides is 4. The van der Waals surface area contributed by atoms with Crippen molar-refractivity contribution in [3.63, 3.8) is 0 Å². The number of piperazine rings is 1. The number of anilines is 2. The van der Waals surface area contributed by atoms with Gasteiger partial charge >= 0.3 is 6.18 Å². The number of aromatic nitrogens is 2. The molecule has 4 atom stereocenters. The molecule has 2 N–H and O–H groups in total. The summed E-state index contributed by atoms with van der Waals surface area (Å²) in [5.74, 6) is 0. The summed E-state index contributed by atoms with van der Waals surface area (Å²) in [5, 5.41) is 6.37. The minimum absolute atomic E-state index is 0.110. The maximum absolute atomic E-state index is 14.0. The summed E-state index contributed by atoms with van der Waals surface area (Å²) in [5.41, 5.74) is 3.36. The first-order valence-electron chi connectivity index (χ1n) is 11.9. The fourth-order valence-corrected chi connectivity index (χ4v) is 5.74. The molecule has 0 aliphatic carbocycles. The molecule has 0 amide bonds. The van der Waals surface area contributed by atoms with Crippen LogP contribution in [0.1, 0.15) is 29.7 Å². The summed E-state index contributed by atoms with van der Waals surface area (Å²) >= 11 is 0. The van der Waals surface area contributed by atoms with Gasteiger partial charge in [-0.1, -0.05) is 6.07 Å². The number of rotatable bonds is 3. The smallest absolute Gasteiger partial charge is 0.378 e. The van der Waals surface area contributed by atoms with Crippen LogP contribution in [0.2, 0.25) is 0 Å². The SMILES string of the molecule is CC1CN(c2ccc(C(F)(F)F)c3nccnc23)C[C@@H]2c3ccc(N[C@H]4CNC[C@H]4F)cc3CN12.